The molecule has 2 aromatic rings. The Morgan fingerprint density at radius 2 is 1.95 bits per heavy atom. The van der Waals surface area contributed by atoms with Gasteiger partial charge >= 0.3 is 0 Å². The van der Waals surface area contributed by atoms with Gasteiger partial charge in [0.05, 0.1) is 10.2 Å². The molecule has 3 rings (SSSR count). The molecule has 0 N–H and O–H groups in total. The molecule has 0 radical (unpaired) electrons. The van der Waals surface area contributed by atoms with Crippen LogP contribution in [0.2, 0.25) is 5.15 Å². The highest BCUT2D eigenvalue weighted by Crippen LogP contribution is 2.44. The fourth-order valence-corrected chi connectivity index (χ4v) is 2.98. The minimum atomic E-state index is 0.489. The number of halogens is 3. The van der Waals surface area contributed by atoms with Crippen molar-refractivity contribution in [2.24, 2.45) is 0 Å². The molecule has 0 spiro atoms. The first-order valence-corrected chi connectivity index (χ1v) is 8.02. The Bertz CT molecular complexity index is 654. The summed E-state index contributed by atoms with van der Waals surface area (Å²) in [6, 6.07) is 6.11. The topological polar surface area (TPSA) is 25.8 Å². The van der Waals surface area contributed by atoms with Gasteiger partial charge < -0.3 is 0 Å². The van der Waals surface area contributed by atoms with E-state index >= 15 is 0 Å². The lowest BCUT2D eigenvalue weighted by atomic mass is 10.1. The summed E-state index contributed by atoms with van der Waals surface area (Å²) in [6.45, 7) is 2.05. The van der Waals surface area contributed by atoms with E-state index in [2.05, 4.69) is 54.8 Å². The average molecular weight is 403 g/mol. The molecule has 0 amide bonds. The Kier molecular flexibility index (Phi) is 3.67. The van der Waals surface area contributed by atoms with Gasteiger partial charge in [-0.15, -0.1) is 0 Å². The number of hydrogen-bond acceptors (Lipinski definition) is 2. The van der Waals surface area contributed by atoms with Crippen molar-refractivity contribution < 1.29 is 0 Å². The average Bonchev–Trinajstić information content (AvgIpc) is 3.20. The van der Waals surface area contributed by atoms with Crippen molar-refractivity contribution in [3.63, 3.8) is 0 Å². The molecule has 0 bridgehead atoms. The summed E-state index contributed by atoms with van der Waals surface area (Å²) in [7, 11) is 0. The van der Waals surface area contributed by atoms with Crippen molar-refractivity contribution in [1.29, 1.82) is 0 Å². The first-order valence-electron chi connectivity index (χ1n) is 6.05. The summed E-state index contributed by atoms with van der Waals surface area (Å²) in [5.74, 6) is 1.22. The smallest absolute Gasteiger partial charge is 0.161 e. The van der Waals surface area contributed by atoms with Gasteiger partial charge in [0.2, 0.25) is 0 Å². The Hall–Kier alpha value is -0.450. The summed E-state index contributed by atoms with van der Waals surface area (Å²) in [6.07, 6.45) is 2.37. The van der Waals surface area contributed by atoms with Crippen LogP contribution in [-0.4, -0.2) is 9.97 Å². The van der Waals surface area contributed by atoms with Gasteiger partial charge in [-0.25, -0.2) is 9.97 Å². The molecule has 2 nitrogen and oxygen atoms in total. The minimum absolute atomic E-state index is 0.489. The molecule has 1 aromatic heterocycles. The number of rotatable bonds is 2. The van der Waals surface area contributed by atoms with E-state index in [0.29, 0.717) is 16.9 Å². The molecule has 0 saturated heterocycles. The van der Waals surface area contributed by atoms with Gasteiger partial charge in [-0.1, -0.05) is 39.7 Å². The summed E-state index contributed by atoms with van der Waals surface area (Å²) < 4.78 is 1.90. The lowest BCUT2D eigenvalue weighted by Gasteiger charge is -2.08. The normalized spacial score (nSPS) is 14.7. The molecule has 1 heterocycles. The molecule has 1 aliphatic rings. The Morgan fingerprint density at radius 3 is 2.58 bits per heavy atom. The van der Waals surface area contributed by atoms with E-state index in [-0.39, 0.29) is 0 Å². The molecule has 5 heteroatoms. The van der Waals surface area contributed by atoms with Crippen LogP contribution >= 0.6 is 43.5 Å². The molecule has 0 atom stereocenters. The molecular formula is C14H11Br2ClN2. The zero-order chi connectivity index (χ0) is 13.6. The Balaban J connectivity index is 2.11. The van der Waals surface area contributed by atoms with Gasteiger partial charge in [-0.3, -0.25) is 0 Å². The van der Waals surface area contributed by atoms with Gasteiger partial charge in [-0.2, -0.15) is 0 Å². The third-order valence-corrected chi connectivity index (χ3v) is 5.37. The number of hydrogen-bond donors (Lipinski definition) is 0. The van der Waals surface area contributed by atoms with Gasteiger partial charge in [0.25, 0.3) is 0 Å². The third kappa shape index (κ3) is 2.71. The number of aryl methyl sites for hydroxylation is 1. The van der Waals surface area contributed by atoms with Crippen molar-refractivity contribution >= 4 is 43.5 Å². The minimum Gasteiger partial charge on any atom is -0.231 e. The van der Waals surface area contributed by atoms with Gasteiger partial charge in [-0.05, 0) is 47.3 Å². The van der Waals surface area contributed by atoms with Crippen molar-refractivity contribution in [3.05, 3.63) is 43.6 Å². The number of aromatic nitrogens is 2. The van der Waals surface area contributed by atoms with E-state index in [1.807, 2.05) is 12.1 Å². The predicted molar refractivity (Wildman–Crippen MR) is 84.6 cm³/mol. The summed E-state index contributed by atoms with van der Waals surface area (Å²) in [5, 5.41) is 0.489. The third-order valence-electron chi connectivity index (χ3n) is 3.23. The first kappa shape index (κ1) is 13.5. The fourth-order valence-electron chi connectivity index (χ4n) is 1.92. The number of nitrogens with zero attached hydrogens (tertiary/aromatic N) is 2. The van der Waals surface area contributed by atoms with Crippen LogP contribution in [0.1, 0.15) is 30.0 Å². The Labute approximate surface area is 133 Å². The highest BCUT2D eigenvalue weighted by atomic mass is 79.9. The standard InChI is InChI=1S/C14H11Br2ClN2/c1-7-2-3-9(6-10(7)15)14-18-12(8-4-5-8)11(16)13(17)19-14/h2-3,6,8H,4-5H2,1H3. The van der Waals surface area contributed by atoms with Crippen LogP contribution in [0.3, 0.4) is 0 Å². The summed E-state index contributed by atoms with van der Waals surface area (Å²) in [4.78, 5) is 9.04. The molecule has 1 fully saturated rings. The van der Waals surface area contributed by atoms with Crippen LogP contribution in [0.15, 0.2) is 27.1 Å². The quantitative estimate of drug-likeness (QED) is 0.619. The number of benzene rings is 1. The Morgan fingerprint density at radius 1 is 1.21 bits per heavy atom. The van der Waals surface area contributed by atoms with Crippen LogP contribution < -0.4 is 0 Å². The first-order chi connectivity index (χ1) is 9.06. The molecule has 1 aliphatic carbocycles. The van der Waals surface area contributed by atoms with Crippen molar-refractivity contribution in [2.45, 2.75) is 25.7 Å². The molecule has 0 unspecified atom stereocenters. The van der Waals surface area contributed by atoms with E-state index in [4.69, 9.17) is 11.6 Å². The maximum Gasteiger partial charge on any atom is 0.161 e. The fraction of sp³-hybridized carbons (Fsp3) is 0.286. The maximum absolute atomic E-state index is 6.20. The van der Waals surface area contributed by atoms with Crippen LogP contribution in [0.4, 0.5) is 0 Å². The second-order valence-electron chi connectivity index (χ2n) is 4.78. The van der Waals surface area contributed by atoms with Crippen molar-refractivity contribution in [2.75, 3.05) is 0 Å². The maximum atomic E-state index is 6.20. The monoisotopic (exact) mass is 400 g/mol. The van der Waals surface area contributed by atoms with Crippen molar-refractivity contribution in [1.82, 2.24) is 9.97 Å². The summed E-state index contributed by atoms with van der Waals surface area (Å²) >= 11 is 13.2. The van der Waals surface area contributed by atoms with E-state index in [9.17, 15) is 0 Å². The van der Waals surface area contributed by atoms with Crippen LogP contribution in [0.5, 0.6) is 0 Å². The zero-order valence-electron chi connectivity index (χ0n) is 10.3. The molecule has 1 aromatic carbocycles. The predicted octanol–water partition coefficient (Wildman–Crippen LogP) is 5.51. The summed E-state index contributed by atoms with van der Waals surface area (Å²) in [5.41, 5.74) is 3.20. The zero-order valence-corrected chi connectivity index (χ0v) is 14.2. The van der Waals surface area contributed by atoms with Gasteiger partial charge in [0, 0.05) is 16.0 Å². The highest BCUT2D eigenvalue weighted by Gasteiger charge is 2.29. The SMILES string of the molecule is Cc1ccc(-c2nc(Cl)c(Br)c(C3CC3)n2)cc1Br. The van der Waals surface area contributed by atoms with E-state index < -0.39 is 0 Å². The molecule has 1 saturated carbocycles. The molecule has 0 aliphatic heterocycles. The highest BCUT2D eigenvalue weighted by molar-refractivity contribution is 9.10. The largest absolute Gasteiger partial charge is 0.231 e. The van der Waals surface area contributed by atoms with Crippen LogP contribution in [0, 0.1) is 6.92 Å². The molecule has 98 valence electrons. The van der Waals surface area contributed by atoms with Gasteiger partial charge in [0.1, 0.15) is 5.15 Å². The van der Waals surface area contributed by atoms with E-state index in [0.717, 1.165) is 20.2 Å². The van der Waals surface area contributed by atoms with Gasteiger partial charge in [0.15, 0.2) is 5.82 Å². The lowest BCUT2D eigenvalue weighted by Crippen LogP contribution is -1.97. The second kappa shape index (κ2) is 5.15. The van der Waals surface area contributed by atoms with E-state index in [1.165, 1.54) is 18.4 Å². The molecular weight excluding hydrogens is 391 g/mol. The second-order valence-corrected chi connectivity index (χ2v) is 6.78. The van der Waals surface area contributed by atoms with Crippen LogP contribution in [0.25, 0.3) is 11.4 Å². The van der Waals surface area contributed by atoms with Crippen LogP contribution in [-0.2, 0) is 0 Å². The van der Waals surface area contributed by atoms with Crippen molar-refractivity contribution in [3.8, 4) is 11.4 Å². The lowest BCUT2D eigenvalue weighted by molar-refractivity contribution is 0.979. The van der Waals surface area contributed by atoms with E-state index in [1.54, 1.807) is 0 Å². The molecule has 19 heavy (non-hydrogen) atoms.